The lowest BCUT2D eigenvalue weighted by atomic mass is 10.1. The first-order valence-corrected chi connectivity index (χ1v) is 7.63. The van der Waals surface area contributed by atoms with Crippen molar-refractivity contribution in [3.63, 3.8) is 0 Å². The van der Waals surface area contributed by atoms with Gasteiger partial charge in [-0.25, -0.2) is 8.78 Å². The fourth-order valence-corrected chi connectivity index (χ4v) is 2.79. The van der Waals surface area contributed by atoms with Crippen LogP contribution in [0.1, 0.15) is 6.42 Å². The van der Waals surface area contributed by atoms with Crippen LogP contribution in [0.3, 0.4) is 0 Å². The van der Waals surface area contributed by atoms with Crippen molar-refractivity contribution in [2.24, 2.45) is 5.92 Å². The number of anilines is 2. The number of amides is 2. The van der Waals surface area contributed by atoms with Gasteiger partial charge < -0.3 is 10.2 Å². The molecule has 0 aliphatic carbocycles. The summed E-state index contributed by atoms with van der Waals surface area (Å²) in [4.78, 5) is 25.9. The number of rotatable bonds is 3. The Balaban J connectivity index is 1.72. The zero-order chi connectivity index (χ0) is 17.3. The quantitative estimate of drug-likeness (QED) is 0.919. The van der Waals surface area contributed by atoms with Gasteiger partial charge in [-0.2, -0.15) is 0 Å². The second kappa shape index (κ2) is 6.57. The maximum Gasteiger partial charge on any atom is 0.229 e. The molecule has 0 radical (unpaired) electrons. The highest BCUT2D eigenvalue weighted by Gasteiger charge is 2.35. The zero-order valence-corrected chi connectivity index (χ0v) is 13.2. The molecular weight excluding hydrogens is 338 g/mol. The van der Waals surface area contributed by atoms with Gasteiger partial charge in [0.25, 0.3) is 0 Å². The summed E-state index contributed by atoms with van der Waals surface area (Å²) in [6.45, 7) is 0.174. The van der Waals surface area contributed by atoms with Crippen molar-refractivity contribution < 1.29 is 18.4 Å². The van der Waals surface area contributed by atoms with Crippen molar-refractivity contribution in [1.29, 1.82) is 0 Å². The van der Waals surface area contributed by atoms with Crippen LogP contribution in [0.5, 0.6) is 0 Å². The minimum absolute atomic E-state index is 0.0150. The molecule has 1 aliphatic rings. The third-order valence-corrected chi connectivity index (χ3v) is 4.04. The summed E-state index contributed by atoms with van der Waals surface area (Å²) < 4.78 is 26.5. The maximum absolute atomic E-state index is 13.6. The summed E-state index contributed by atoms with van der Waals surface area (Å²) in [5.74, 6) is -2.91. The molecule has 2 aromatic rings. The minimum atomic E-state index is -0.862. The van der Waals surface area contributed by atoms with Gasteiger partial charge in [0.2, 0.25) is 11.8 Å². The van der Waals surface area contributed by atoms with Gasteiger partial charge in [-0.15, -0.1) is 0 Å². The zero-order valence-electron chi connectivity index (χ0n) is 12.4. The molecule has 1 N–H and O–H groups in total. The van der Waals surface area contributed by atoms with E-state index in [1.54, 1.807) is 24.3 Å². The van der Waals surface area contributed by atoms with E-state index in [0.29, 0.717) is 16.8 Å². The maximum atomic E-state index is 13.6. The molecule has 0 bridgehead atoms. The summed E-state index contributed by atoms with van der Waals surface area (Å²) in [5.41, 5.74) is 0.491. The molecule has 0 saturated carbocycles. The molecule has 24 heavy (non-hydrogen) atoms. The van der Waals surface area contributed by atoms with E-state index in [-0.39, 0.29) is 24.6 Å². The Bertz CT molecular complexity index is 813. The predicted molar refractivity (Wildman–Crippen MR) is 86.9 cm³/mol. The van der Waals surface area contributed by atoms with E-state index in [1.165, 1.54) is 4.90 Å². The molecule has 2 amide bonds. The summed E-state index contributed by atoms with van der Waals surface area (Å²) >= 11 is 5.92. The van der Waals surface area contributed by atoms with Crippen LogP contribution in [0, 0.1) is 17.6 Å². The van der Waals surface area contributed by atoms with Gasteiger partial charge in [0.05, 0.1) is 11.6 Å². The number of nitrogens with zero attached hydrogens (tertiary/aromatic N) is 1. The number of halogens is 3. The topological polar surface area (TPSA) is 49.4 Å². The standard InChI is InChI=1S/C17H13ClF2N2O2/c18-11-2-1-3-13(7-11)22-9-10(6-16(22)23)17(24)21-15-5-4-12(19)8-14(15)20/h1-5,7-8,10H,6,9H2,(H,21,24). The van der Waals surface area contributed by atoms with Gasteiger partial charge in [-0.3, -0.25) is 9.59 Å². The van der Waals surface area contributed by atoms with E-state index in [2.05, 4.69) is 5.32 Å². The smallest absolute Gasteiger partial charge is 0.229 e. The van der Waals surface area contributed by atoms with Crippen LogP contribution in [-0.2, 0) is 9.59 Å². The van der Waals surface area contributed by atoms with Crippen molar-refractivity contribution in [3.05, 3.63) is 59.1 Å². The lowest BCUT2D eigenvalue weighted by molar-refractivity contribution is -0.122. The Morgan fingerprint density at radius 3 is 2.71 bits per heavy atom. The molecule has 0 spiro atoms. The molecule has 2 aromatic carbocycles. The van der Waals surface area contributed by atoms with Gasteiger partial charge in [0.15, 0.2) is 0 Å². The number of hydrogen-bond donors (Lipinski definition) is 1. The van der Waals surface area contributed by atoms with Crippen LogP contribution < -0.4 is 10.2 Å². The Labute approximate surface area is 142 Å². The van der Waals surface area contributed by atoms with Crippen LogP contribution in [0.25, 0.3) is 0 Å². The number of benzene rings is 2. The third kappa shape index (κ3) is 3.38. The van der Waals surface area contributed by atoms with Gasteiger partial charge in [0, 0.05) is 29.7 Å². The molecule has 1 aliphatic heterocycles. The summed E-state index contributed by atoms with van der Waals surface area (Å²) in [5, 5.41) is 2.89. The molecule has 3 rings (SSSR count). The molecular formula is C17H13ClF2N2O2. The highest BCUT2D eigenvalue weighted by molar-refractivity contribution is 6.31. The summed E-state index contributed by atoms with van der Waals surface area (Å²) in [7, 11) is 0. The molecule has 7 heteroatoms. The van der Waals surface area contributed by atoms with Crippen LogP contribution in [-0.4, -0.2) is 18.4 Å². The second-order valence-corrected chi connectivity index (χ2v) is 5.94. The van der Waals surface area contributed by atoms with E-state index in [9.17, 15) is 18.4 Å². The Morgan fingerprint density at radius 2 is 2.00 bits per heavy atom. The van der Waals surface area contributed by atoms with Gasteiger partial charge in [-0.05, 0) is 30.3 Å². The van der Waals surface area contributed by atoms with Crippen LogP contribution in [0.15, 0.2) is 42.5 Å². The van der Waals surface area contributed by atoms with Crippen molar-refractivity contribution >= 4 is 34.8 Å². The Morgan fingerprint density at radius 1 is 1.21 bits per heavy atom. The third-order valence-electron chi connectivity index (χ3n) is 3.80. The molecule has 4 nitrogen and oxygen atoms in total. The number of carbonyl (C=O) groups is 2. The molecule has 1 atom stereocenters. The molecule has 1 heterocycles. The molecule has 1 saturated heterocycles. The Hall–Kier alpha value is -2.47. The first kappa shape index (κ1) is 16.4. The van der Waals surface area contributed by atoms with Crippen molar-refractivity contribution in [1.82, 2.24) is 0 Å². The fraction of sp³-hybridized carbons (Fsp3) is 0.176. The number of carbonyl (C=O) groups excluding carboxylic acids is 2. The molecule has 1 fully saturated rings. The average molecular weight is 351 g/mol. The Kier molecular flexibility index (Phi) is 4.49. The number of hydrogen-bond acceptors (Lipinski definition) is 2. The van der Waals surface area contributed by atoms with Crippen LogP contribution >= 0.6 is 11.6 Å². The SMILES string of the molecule is O=C(Nc1ccc(F)cc1F)C1CC(=O)N(c2cccc(Cl)c2)C1. The normalized spacial score (nSPS) is 17.2. The number of nitrogens with one attached hydrogen (secondary N) is 1. The minimum Gasteiger partial charge on any atom is -0.323 e. The van der Waals surface area contributed by atoms with E-state index in [4.69, 9.17) is 11.6 Å². The summed E-state index contributed by atoms with van der Waals surface area (Å²) in [6.07, 6.45) is 0.0150. The van der Waals surface area contributed by atoms with Gasteiger partial charge in [-0.1, -0.05) is 17.7 Å². The largest absolute Gasteiger partial charge is 0.323 e. The fourth-order valence-electron chi connectivity index (χ4n) is 2.60. The van der Waals surface area contributed by atoms with E-state index in [1.807, 2.05) is 0 Å². The summed E-state index contributed by atoms with van der Waals surface area (Å²) in [6, 6.07) is 9.65. The van der Waals surface area contributed by atoms with Crippen molar-refractivity contribution in [3.8, 4) is 0 Å². The van der Waals surface area contributed by atoms with Gasteiger partial charge >= 0.3 is 0 Å². The first-order chi connectivity index (χ1) is 11.4. The van der Waals surface area contributed by atoms with Crippen LogP contribution in [0.4, 0.5) is 20.2 Å². The molecule has 1 unspecified atom stereocenters. The second-order valence-electron chi connectivity index (χ2n) is 5.50. The van der Waals surface area contributed by atoms with E-state index < -0.39 is 23.5 Å². The van der Waals surface area contributed by atoms with Crippen LogP contribution in [0.2, 0.25) is 5.02 Å². The highest BCUT2D eigenvalue weighted by atomic mass is 35.5. The van der Waals surface area contributed by atoms with E-state index >= 15 is 0 Å². The van der Waals surface area contributed by atoms with Crippen molar-refractivity contribution in [2.45, 2.75) is 6.42 Å². The average Bonchev–Trinajstić information content (AvgIpc) is 2.92. The molecule has 0 aromatic heterocycles. The van der Waals surface area contributed by atoms with Gasteiger partial charge in [0.1, 0.15) is 11.6 Å². The lowest BCUT2D eigenvalue weighted by Crippen LogP contribution is -2.28. The monoisotopic (exact) mass is 350 g/mol. The highest BCUT2D eigenvalue weighted by Crippen LogP contribution is 2.28. The molecule has 124 valence electrons. The van der Waals surface area contributed by atoms with E-state index in [0.717, 1.165) is 12.1 Å². The predicted octanol–water partition coefficient (Wildman–Crippen LogP) is 3.61. The lowest BCUT2D eigenvalue weighted by Gasteiger charge is -2.17. The van der Waals surface area contributed by atoms with Crippen molar-refractivity contribution in [2.75, 3.05) is 16.8 Å². The first-order valence-electron chi connectivity index (χ1n) is 7.26.